The summed E-state index contributed by atoms with van der Waals surface area (Å²) in [6, 6.07) is 4.55. The van der Waals surface area contributed by atoms with Crippen molar-refractivity contribution in [2.45, 2.75) is 26.8 Å². The van der Waals surface area contributed by atoms with E-state index in [0.29, 0.717) is 17.8 Å². The van der Waals surface area contributed by atoms with Crippen molar-refractivity contribution < 1.29 is 0 Å². The summed E-state index contributed by atoms with van der Waals surface area (Å²) in [7, 11) is 0. The molecule has 10 nitrogen and oxygen atoms in total. The smallest absolute Gasteiger partial charge is 0.248 e. The number of fused-ring (bicyclic) bond motifs is 1. The van der Waals surface area contributed by atoms with Gasteiger partial charge in [0.1, 0.15) is 6.33 Å². The number of rotatable bonds is 7. The first-order chi connectivity index (χ1) is 17.0. The highest BCUT2D eigenvalue weighted by Gasteiger charge is 2.18. The van der Waals surface area contributed by atoms with E-state index in [-0.39, 0.29) is 5.95 Å². The van der Waals surface area contributed by atoms with Gasteiger partial charge in [0.2, 0.25) is 11.9 Å². The molecular formula is C24H30N10S. The molecule has 1 aliphatic rings. The van der Waals surface area contributed by atoms with Crippen LogP contribution in [0.3, 0.4) is 0 Å². The van der Waals surface area contributed by atoms with E-state index in [1.807, 2.05) is 24.4 Å². The van der Waals surface area contributed by atoms with Gasteiger partial charge in [-0.15, -0.1) is 16.4 Å². The molecule has 35 heavy (non-hydrogen) atoms. The van der Waals surface area contributed by atoms with E-state index in [1.54, 1.807) is 17.5 Å². The molecule has 0 atom stereocenters. The topological polar surface area (TPSA) is 114 Å². The molecule has 11 heteroatoms. The summed E-state index contributed by atoms with van der Waals surface area (Å²) >= 11 is 1.56. The number of nitrogens with one attached hydrogen (secondary N) is 1. The number of nitrogen functional groups attached to an aromatic ring is 1. The molecule has 4 aromatic heterocycles. The molecule has 5 heterocycles. The van der Waals surface area contributed by atoms with Gasteiger partial charge in [-0.2, -0.15) is 9.67 Å². The van der Waals surface area contributed by atoms with Crippen LogP contribution in [0.15, 0.2) is 36.1 Å². The van der Waals surface area contributed by atoms with Gasteiger partial charge >= 0.3 is 0 Å². The maximum absolute atomic E-state index is 6.15. The van der Waals surface area contributed by atoms with Crippen LogP contribution >= 0.6 is 11.3 Å². The number of anilines is 3. The molecule has 0 aromatic carbocycles. The van der Waals surface area contributed by atoms with Gasteiger partial charge in [-0.3, -0.25) is 14.8 Å². The molecular weight excluding hydrogens is 460 g/mol. The van der Waals surface area contributed by atoms with E-state index >= 15 is 0 Å². The third-order valence-corrected chi connectivity index (χ3v) is 7.26. The molecule has 0 aliphatic carbocycles. The minimum Gasteiger partial charge on any atom is -0.368 e. The SMILES string of the molecule is Cc1csc2c(-n3nc(Nc4ccc(/C=C/CN5CCN(C(C)C)CC5)nc4)nc3N)ncnc12. The van der Waals surface area contributed by atoms with Gasteiger partial charge in [-0.25, -0.2) is 9.97 Å². The Hall–Kier alpha value is -3.41. The van der Waals surface area contributed by atoms with Crippen molar-refractivity contribution in [3.8, 4) is 5.82 Å². The fourth-order valence-corrected chi connectivity index (χ4v) is 5.11. The van der Waals surface area contributed by atoms with E-state index in [0.717, 1.165) is 59.9 Å². The molecule has 0 radical (unpaired) electrons. The van der Waals surface area contributed by atoms with Crippen LogP contribution in [0, 0.1) is 6.92 Å². The largest absolute Gasteiger partial charge is 0.368 e. The minimum atomic E-state index is 0.250. The lowest BCUT2D eigenvalue weighted by atomic mass is 10.2. The summed E-state index contributed by atoms with van der Waals surface area (Å²) in [5.74, 6) is 1.25. The lowest BCUT2D eigenvalue weighted by Gasteiger charge is -2.36. The fraction of sp³-hybridized carbons (Fsp3) is 0.375. The second-order valence-electron chi connectivity index (χ2n) is 8.93. The molecule has 4 aromatic rings. The first kappa shape index (κ1) is 23.3. The molecule has 3 N–H and O–H groups in total. The number of aromatic nitrogens is 6. The third kappa shape index (κ3) is 5.16. The second kappa shape index (κ2) is 10.1. The molecule has 0 amide bonds. The maximum Gasteiger partial charge on any atom is 0.248 e. The van der Waals surface area contributed by atoms with E-state index in [2.05, 4.69) is 66.2 Å². The lowest BCUT2D eigenvalue weighted by Crippen LogP contribution is -2.48. The van der Waals surface area contributed by atoms with Crippen LogP contribution in [0.5, 0.6) is 0 Å². The molecule has 1 fully saturated rings. The summed E-state index contributed by atoms with van der Waals surface area (Å²) in [6.07, 6.45) is 7.53. The van der Waals surface area contributed by atoms with E-state index in [9.17, 15) is 0 Å². The fourth-order valence-electron chi connectivity index (χ4n) is 4.13. The summed E-state index contributed by atoms with van der Waals surface area (Å²) in [6.45, 7) is 12.0. The van der Waals surface area contributed by atoms with Crippen molar-refractivity contribution >= 4 is 45.2 Å². The predicted octanol–water partition coefficient (Wildman–Crippen LogP) is 3.34. The average molecular weight is 491 g/mol. The van der Waals surface area contributed by atoms with Crippen LogP contribution in [0.25, 0.3) is 22.1 Å². The lowest BCUT2D eigenvalue weighted by molar-refractivity contribution is 0.117. The van der Waals surface area contributed by atoms with Crippen molar-refractivity contribution in [1.29, 1.82) is 0 Å². The van der Waals surface area contributed by atoms with Crippen LogP contribution < -0.4 is 11.1 Å². The van der Waals surface area contributed by atoms with Crippen molar-refractivity contribution in [1.82, 2.24) is 39.5 Å². The highest BCUT2D eigenvalue weighted by atomic mass is 32.1. The number of hydrogen-bond acceptors (Lipinski definition) is 10. The number of thiophene rings is 1. The third-order valence-electron chi connectivity index (χ3n) is 6.18. The molecule has 0 spiro atoms. The quantitative estimate of drug-likeness (QED) is 0.402. The Kier molecular flexibility index (Phi) is 6.71. The Morgan fingerprint density at radius 1 is 1.14 bits per heavy atom. The van der Waals surface area contributed by atoms with Crippen LogP contribution in [0.4, 0.5) is 17.6 Å². The molecule has 1 saturated heterocycles. The van der Waals surface area contributed by atoms with Gasteiger partial charge in [0.15, 0.2) is 5.82 Å². The first-order valence-electron chi connectivity index (χ1n) is 11.8. The highest BCUT2D eigenvalue weighted by Crippen LogP contribution is 2.28. The Morgan fingerprint density at radius 3 is 2.71 bits per heavy atom. The standard InChI is InChI=1S/C24H30N10S/c1-16(2)33-11-9-32(10-12-33)8-4-5-18-6-7-19(13-26-18)29-24-30-23(25)34(31-24)22-21-20(27-15-28-22)17(3)14-35-21/h4-7,13-16H,8-12H2,1-3H3,(H3,25,29,30,31)/b5-4+. The van der Waals surface area contributed by atoms with Crippen molar-refractivity contribution in [2.75, 3.05) is 43.8 Å². The molecule has 182 valence electrons. The molecule has 0 bridgehead atoms. The number of nitrogens with zero attached hydrogens (tertiary/aromatic N) is 8. The Balaban J connectivity index is 1.21. The Bertz CT molecular complexity index is 1320. The van der Waals surface area contributed by atoms with Gasteiger partial charge < -0.3 is 11.1 Å². The number of nitrogens with two attached hydrogens (primary N) is 1. The van der Waals surface area contributed by atoms with Crippen LogP contribution in [0.1, 0.15) is 25.1 Å². The molecule has 0 unspecified atom stereocenters. The van der Waals surface area contributed by atoms with Crippen molar-refractivity contribution in [2.24, 2.45) is 0 Å². The average Bonchev–Trinajstić information content (AvgIpc) is 3.42. The van der Waals surface area contributed by atoms with Crippen LogP contribution in [0.2, 0.25) is 0 Å². The predicted molar refractivity (Wildman–Crippen MR) is 141 cm³/mol. The number of pyridine rings is 1. The Morgan fingerprint density at radius 2 is 1.97 bits per heavy atom. The van der Waals surface area contributed by atoms with Gasteiger partial charge in [0.25, 0.3) is 0 Å². The Labute approximate surface area is 208 Å². The van der Waals surface area contributed by atoms with Crippen LogP contribution in [-0.4, -0.2) is 78.3 Å². The van der Waals surface area contributed by atoms with Crippen molar-refractivity contribution in [3.05, 3.63) is 47.4 Å². The molecule has 1 aliphatic heterocycles. The zero-order valence-electron chi connectivity index (χ0n) is 20.2. The van der Waals surface area contributed by atoms with E-state index < -0.39 is 0 Å². The summed E-state index contributed by atoms with van der Waals surface area (Å²) in [4.78, 5) is 22.6. The van der Waals surface area contributed by atoms with Gasteiger partial charge in [0.05, 0.1) is 27.8 Å². The molecule has 5 rings (SSSR count). The monoisotopic (exact) mass is 490 g/mol. The summed E-state index contributed by atoms with van der Waals surface area (Å²) in [5.41, 5.74) is 9.83. The minimum absolute atomic E-state index is 0.250. The number of piperazine rings is 1. The zero-order valence-corrected chi connectivity index (χ0v) is 21.0. The highest BCUT2D eigenvalue weighted by molar-refractivity contribution is 7.17. The summed E-state index contributed by atoms with van der Waals surface area (Å²) < 4.78 is 2.46. The summed E-state index contributed by atoms with van der Waals surface area (Å²) in [5, 5.41) is 9.73. The van der Waals surface area contributed by atoms with Crippen LogP contribution in [-0.2, 0) is 0 Å². The normalized spacial score (nSPS) is 15.5. The van der Waals surface area contributed by atoms with Gasteiger partial charge in [-0.05, 0) is 49.9 Å². The second-order valence-corrected chi connectivity index (χ2v) is 9.81. The van der Waals surface area contributed by atoms with E-state index in [4.69, 9.17) is 5.73 Å². The number of aryl methyl sites for hydroxylation is 1. The van der Waals surface area contributed by atoms with Crippen molar-refractivity contribution in [3.63, 3.8) is 0 Å². The maximum atomic E-state index is 6.15. The van der Waals surface area contributed by atoms with Gasteiger partial charge in [-0.1, -0.05) is 6.08 Å². The number of hydrogen-bond donors (Lipinski definition) is 2. The zero-order chi connectivity index (χ0) is 24.4. The molecule has 0 saturated carbocycles. The van der Waals surface area contributed by atoms with E-state index in [1.165, 1.54) is 11.0 Å². The first-order valence-corrected chi connectivity index (χ1v) is 12.6. The van der Waals surface area contributed by atoms with Gasteiger partial charge in [0, 0.05) is 38.8 Å².